The fourth-order valence-electron chi connectivity index (χ4n) is 2.27. The van der Waals surface area contributed by atoms with Crippen molar-refractivity contribution in [1.29, 1.82) is 0 Å². The molecule has 0 bridgehead atoms. The maximum absolute atomic E-state index is 3.43. The maximum Gasteiger partial charge on any atom is 0.00868 e. The highest BCUT2D eigenvalue weighted by Gasteiger charge is 2.16. The van der Waals surface area contributed by atoms with Crippen LogP contribution in [0.4, 0.5) is 0 Å². The van der Waals surface area contributed by atoms with Gasteiger partial charge in [-0.15, -0.1) is 0 Å². The summed E-state index contributed by atoms with van der Waals surface area (Å²) in [7, 11) is 2.27. The Balaban J connectivity index is 2.17. The number of nitrogens with zero attached hydrogens (tertiary/aromatic N) is 1. The molecule has 1 fully saturated rings. The zero-order valence-electron chi connectivity index (χ0n) is 10.9. The van der Waals surface area contributed by atoms with Crippen LogP contribution in [-0.4, -0.2) is 37.6 Å². The summed E-state index contributed by atoms with van der Waals surface area (Å²) in [4.78, 5) is 2.52. The minimum atomic E-state index is 0.715. The van der Waals surface area contributed by atoms with Crippen molar-refractivity contribution < 1.29 is 0 Å². The summed E-state index contributed by atoms with van der Waals surface area (Å²) < 4.78 is 0. The van der Waals surface area contributed by atoms with Crippen LogP contribution in [0.15, 0.2) is 0 Å². The van der Waals surface area contributed by atoms with Gasteiger partial charge in [-0.2, -0.15) is 0 Å². The van der Waals surface area contributed by atoms with Gasteiger partial charge >= 0.3 is 0 Å². The van der Waals surface area contributed by atoms with Crippen LogP contribution >= 0.6 is 0 Å². The average molecular weight is 212 g/mol. The van der Waals surface area contributed by atoms with Crippen LogP contribution < -0.4 is 5.32 Å². The molecular formula is C13H28N2. The minimum absolute atomic E-state index is 0.715. The topological polar surface area (TPSA) is 15.3 Å². The van der Waals surface area contributed by atoms with Crippen molar-refractivity contribution in [3.63, 3.8) is 0 Å². The molecule has 0 spiro atoms. The van der Waals surface area contributed by atoms with Gasteiger partial charge in [0.05, 0.1) is 0 Å². The van der Waals surface area contributed by atoms with Gasteiger partial charge in [0.15, 0.2) is 0 Å². The first kappa shape index (κ1) is 13.0. The lowest BCUT2D eigenvalue weighted by atomic mass is 9.94. The molecule has 0 aromatic carbocycles. The van der Waals surface area contributed by atoms with Crippen molar-refractivity contribution in [2.24, 2.45) is 11.8 Å². The van der Waals surface area contributed by atoms with Crippen molar-refractivity contribution in [1.82, 2.24) is 10.2 Å². The fourth-order valence-corrected chi connectivity index (χ4v) is 2.27. The minimum Gasteiger partial charge on any atom is -0.317 e. The van der Waals surface area contributed by atoms with Crippen molar-refractivity contribution >= 4 is 0 Å². The molecule has 90 valence electrons. The normalized spacial score (nSPS) is 21.2. The van der Waals surface area contributed by atoms with E-state index in [4.69, 9.17) is 0 Å². The Morgan fingerprint density at radius 1 is 1.20 bits per heavy atom. The van der Waals surface area contributed by atoms with E-state index >= 15 is 0 Å². The van der Waals surface area contributed by atoms with E-state index in [0.29, 0.717) is 6.04 Å². The molecule has 1 N–H and O–H groups in total. The zero-order chi connectivity index (χ0) is 11.3. The lowest BCUT2D eigenvalue weighted by molar-refractivity contribution is 0.187. The van der Waals surface area contributed by atoms with E-state index in [2.05, 4.69) is 38.0 Å². The summed E-state index contributed by atoms with van der Waals surface area (Å²) in [5, 5.41) is 3.43. The molecule has 0 saturated carbocycles. The number of piperidine rings is 1. The number of nitrogens with one attached hydrogen (secondary N) is 1. The molecule has 0 radical (unpaired) electrons. The van der Waals surface area contributed by atoms with E-state index < -0.39 is 0 Å². The van der Waals surface area contributed by atoms with Gasteiger partial charge in [0.2, 0.25) is 0 Å². The molecular weight excluding hydrogens is 184 g/mol. The van der Waals surface area contributed by atoms with Gasteiger partial charge in [0.1, 0.15) is 0 Å². The Kier molecular flexibility index (Phi) is 5.62. The molecule has 1 aliphatic heterocycles. The highest BCUT2D eigenvalue weighted by atomic mass is 15.1. The standard InChI is InChI=1S/C13H28N2/c1-11(2)12(3)15(4)10-7-13-5-8-14-9-6-13/h11-14H,5-10H2,1-4H3. The monoisotopic (exact) mass is 212 g/mol. The third-order valence-corrected chi connectivity index (χ3v) is 4.01. The highest BCUT2D eigenvalue weighted by molar-refractivity contribution is 4.72. The molecule has 0 aliphatic carbocycles. The Morgan fingerprint density at radius 2 is 1.80 bits per heavy atom. The van der Waals surface area contributed by atoms with Gasteiger partial charge in [-0.05, 0) is 64.7 Å². The molecule has 1 saturated heterocycles. The van der Waals surface area contributed by atoms with Gasteiger partial charge < -0.3 is 10.2 Å². The average Bonchev–Trinajstić information content (AvgIpc) is 2.26. The first-order chi connectivity index (χ1) is 7.11. The van der Waals surface area contributed by atoms with Crippen LogP contribution in [-0.2, 0) is 0 Å². The van der Waals surface area contributed by atoms with Crippen molar-refractivity contribution in [3.8, 4) is 0 Å². The first-order valence-electron chi connectivity index (χ1n) is 6.52. The van der Waals surface area contributed by atoms with E-state index in [-0.39, 0.29) is 0 Å². The van der Waals surface area contributed by atoms with Gasteiger partial charge in [-0.3, -0.25) is 0 Å². The molecule has 1 heterocycles. The van der Waals surface area contributed by atoms with E-state index in [9.17, 15) is 0 Å². The largest absolute Gasteiger partial charge is 0.317 e. The van der Waals surface area contributed by atoms with Crippen LogP contribution in [0.3, 0.4) is 0 Å². The van der Waals surface area contributed by atoms with E-state index in [1.807, 2.05) is 0 Å². The van der Waals surface area contributed by atoms with E-state index in [0.717, 1.165) is 11.8 Å². The summed E-state index contributed by atoms with van der Waals surface area (Å²) in [6.07, 6.45) is 4.14. The SMILES string of the molecule is CC(C)C(C)N(C)CCC1CCNCC1. The van der Waals surface area contributed by atoms with Gasteiger partial charge in [-0.25, -0.2) is 0 Å². The van der Waals surface area contributed by atoms with Crippen molar-refractivity contribution in [2.75, 3.05) is 26.7 Å². The zero-order valence-corrected chi connectivity index (χ0v) is 10.9. The molecule has 0 aromatic heterocycles. The van der Waals surface area contributed by atoms with Crippen LogP contribution in [0.1, 0.15) is 40.0 Å². The van der Waals surface area contributed by atoms with Gasteiger partial charge in [0, 0.05) is 6.04 Å². The quantitative estimate of drug-likeness (QED) is 0.752. The Bertz CT molecular complexity index is 162. The summed E-state index contributed by atoms with van der Waals surface area (Å²) in [5.41, 5.74) is 0. The number of hydrogen-bond donors (Lipinski definition) is 1. The summed E-state index contributed by atoms with van der Waals surface area (Å²) >= 11 is 0. The molecule has 0 aromatic rings. The predicted octanol–water partition coefficient (Wildman–Crippen LogP) is 2.35. The lowest BCUT2D eigenvalue weighted by Gasteiger charge is -2.30. The Labute approximate surface area is 95.4 Å². The first-order valence-corrected chi connectivity index (χ1v) is 6.52. The summed E-state index contributed by atoms with van der Waals surface area (Å²) in [6.45, 7) is 10.7. The second kappa shape index (κ2) is 6.49. The van der Waals surface area contributed by atoms with Crippen molar-refractivity contribution in [3.05, 3.63) is 0 Å². The highest BCUT2D eigenvalue weighted by Crippen LogP contribution is 2.17. The molecule has 1 aliphatic rings. The molecule has 2 heteroatoms. The van der Waals surface area contributed by atoms with Crippen LogP contribution in [0.2, 0.25) is 0 Å². The van der Waals surface area contributed by atoms with Gasteiger partial charge in [-0.1, -0.05) is 13.8 Å². The van der Waals surface area contributed by atoms with Crippen LogP contribution in [0.25, 0.3) is 0 Å². The summed E-state index contributed by atoms with van der Waals surface area (Å²) in [5.74, 6) is 1.73. The van der Waals surface area contributed by atoms with Crippen LogP contribution in [0, 0.1) is 11.8 Å². The Morgan fingerprint density at radius 3 is 2.33 bits per heavy atom. The molecule has 2 nitrogen and oxygen atoms in total. The third kappa shape index (κ3) is 4.52. The molecule has 0 amide bonds. The maximum atomic E-state index is 3.43. The number of hydrogen-bond acceptors (Lipinski definition) is 2. The fraction of sp³-hybridized carbons (Fsp3) is 1.00. The number of rotatable bonds is 5. The molecule has 15 heavy (non-hydrogen) atoms. The Hall–Kier alpha value is -0.0800. The second-order valence-electron chi connectivity index (χ2n) is 5.45. The van der Waals surface area contributed by atoms with E-state index in [1.165, 1.54) is 38.9 Å². The summed E-state index contributed by atoms with van der Waals surface area (Å²) in [6, 6.07) is 0.715. The molecule has 1 unspecified atom stereocenters. The molecule has 1 rings (SSSR count). The second-order valence-corrected chi connectivity index (χ2v) is 5.45. The van der Waals surface area contributed by atoms with E-state index in [1.54, 1.807) is 0 Å². The molecule has 1 atom stereocenters. The van der Waals surface area contributed by atoms with Gasteiger partial charge in [0.25, 0.3) is 0 Å². The van der Waals surface area contributed by atoms with Crippen LogP contribution in [0.5, 0.6) is 0 Å². The smallest absolute Gasteiger partial charge is 0.00868 e. The third-order valence-electron chi connectivity index (χ3n) is 4.01. The lowest BCUT2D eigenvalue weighted by Crippen LogP contribution is -2.36. The predicted molar refractivity (Wildman–Crippen MR) is 67.1 cm³/mol. The van der Waals surface area contributed by atoms with Crippen molar-refractivity contribution in [2.45, 2.75) is 46.1 Å².